The van der Waals surface area contributed by atoms with Gasteiger partial charge in [0.1, 0.15) is 17.1 Å². The predicted molar refractivity (Wildman–Crippen MR) is 251 cm³/mol. The van der Waals surface area contributed by atoms with E-state index in [0.717, 1.165) is 17.7 Å². The highest BCUT2D eigenvalue weighted by Gasteiger charge is 2.53. The number of rotatable bonds is 19. The number of aliphatic hydroxyl groups is 1. The standard InChI is InChI=1S/C47H53F3N10O7S/c1-3-20-68-44-57-41(55-16-15-51)40(52)42(58-44)60(53)25-29-6-4-28(5-7-29)8-11-39(62)54-17-19-64-18-12-32-26-59-35-24-33(48)34(21-30(35)22-38(59)45(2,27-61)65-32)56-43(63)46(13-14-46)31-9-10-36-37(23-31)67-47(49,50)66-36/h4-7,9-10,21-24,32,61H,3,12-20,25-27,51-53H2,1-2H3,(H,54,62)(H,56,63)(H,55,57,58). The molecule has 3 aromatic carbocycles. The number of alkyl halides is 2. The predicted octanol–water partition coefficient (Wildman–Crippen LogP) is 5.08. The Hall–Kier alpha value is -6.28. The first-order valence-electron chi connectivity index (χ1n) is 22.2. The van der Waals surface area contributed by atoms with E-state index in [1.807, 2.05) is 16.7 Å². The van der Waals surface area contributed by atoms with Gasteiger partial charge in [0.15, 0.2) is 28.3 Å². The average molecular weight is 959 g/mol. The molecule has 0 spiro atoms. The van der Waals surface area contributed by atoms with Crippen LogP contribution in [0.3, 0.4) is 0 Å². The summed E-state index contributed by atoms with van der Waals surface area (Å²) in [6, 6.07) is 16.2. The van der Waals surface area contributed by atoms with Crippen molar-refractivity contribution in [1.82, 2.24) is 19.9 Å². The number of ether oxygens (including phenoxy) is 4. The lowest BCUT2D eigenvalue weighted by Gasteiger charge is -2.39. The van der Waals surface area contributed by atoms with Crippen LogP contribution in [0.25, 0.3) is 10.9 Å². The van der Waals surface area contributed by atoms with Gasteiger partial charge < -0.3 is 56.0 Å². The number of aromatic nitrogens is 3. The zero-order valence-corrected chi connectivity index (χ0v) is 38.3. The van der Waals surface area contributed by atoms with Crippen molar-refractivity contribution in [3.8, 4) is 23.3 Å². The van der Waals surface area contributed by atoms with Gasteiger partial charge >= 0.3 is 6.29 Å². The highest BCUT2D eigenvalue weighted by molar-refractivity contribution is 7.99. The van der Waals surface area contributed by atoms with Crippen LogP contribution >= 0.6 is 11.8 Å². The smallest absolute Gasteiger partial charge is 0.395 e. The number of hydrazine groups is 1. The fraction of sp³-hybridized carbons (Fsp3) is 0.404. The Bertz CT molecular complexity index is 2750. The average Bonchev–Trinajstić information content (AvgIpc) is 3.97. The fourth-order valence-electron chi connectivity index (χ4n) is 8.14. The molecule has 2 atom stereocenters. The van der Waals surface area contributed by atoms with Gasteiger partial charge in [-0.3, -0.25) is 14.6 Å². The summed E-state index contributed by atoms with van der Waals surface area (Å²) < 4.78 is 66.2. The van der Waals surface area contributed by atoms with E-state index in [4.69, 9.17) is 26.8 Å². The number of benzene rings is 3. The molecule has 2 unspecified atom stereocenters. The van der Waals surface area contributed by atoms with Crippen molar-refractivity contribution in [2.45, 2.75) is 81.2 Å². The molecular formula is C47H53F3N10O7S. The van der Waals surface area contributed by atoms with E-state index in [0.29, 0.717) is 95.6 Å². The molecule has 4 heterocycles. The molecule has 2 aliphatic heterocycles. The number of nitrogen functional groups attached to an aromatic ring is 1. The van der Waals surface area contributed by atoms with Crippen LogP contribution in [0.2, 0.25) is 0 Å². The van der Waals surface area contributed by atoms with E-state index >= 15 is 4.39 Å². The molecule has 8 rings (SSSR count). The molecule has 0 bridgehead atoms. The summed E-state index contributed by atoms with van der Waals surface area (Å²) in [6.07, 6.45) is -1.93. The van der Waals surface area contributed by atoms with Gasteiger partial charge in [-0.1, -0.05) is 42.8 Å². The maximum Gasteiger partial charge on any atom is 0.586 e. The minimum Gasteiger partial charge on any atom is -0.395 e. The second kappa shape index (κ2) is 20.1. The number of hydrogen-bond acceptors (Lipinski definition) is 15. The number of carbonyl (C=O) groups is 2. The van der Waals surface area contributed by atoms with E-state index in [-0.39, 0.29) is 43.6 Å². The van der Waals surface area contributed by atoms with Gasteiger partial charge in [0, 0.05) is 61.5 Å². The number of nitrogens with two attached hydrogens (primary N) is 3. The third kappa shape index (κ3) is 10.5. The number of nitrogens with one attached hydrogen (secondary N) is 3. The molecule has 0 radical (unpaired) electrons. The molecule has 1 aliphatic carbocycles. The van der Waals surface area contributed by atoms with E-state index in [9.17, 15) is 23.5 Å². The van der Waals surface area contributed by atoms with Gasteiger partial charge in [-0.25, -0.2) is 20.2 Å². The summed E-state index contributed by atoms with van der Waals surface area (Å²) in [5.41, 5.74) is 13.3. The van der Waals surface area contributed by atoms with Crippen molar-refractivity contribution in [2.75, 3.05) is 66.6 Å². The summed E-state index contributed by atoms with van der Waals surface area (Å²) in [6.45, 7) is 5.73. The van der Waals surface area contributed by atoms with Crippen LogP contribution in [0.1, 0.15) is 61.9 Å². The number of aliphatic hydroxyl groups excluding tert-OH is 1. The number of fused-ring (bicyclic) bond motifs is 4. The maximum atomic E-state index is 15.8. The van der Waals surface area contributed by atoms with E-state index < -0.39 is 41.0 Å². The second-order valence-corrected chi connectivity index (χ2v) is 18.0. The van der Waals surface area contributed by atoms with Crippen LogP contribution in [-0.4, -0.2) is 89.1 Å². The zero-order valence-electron chi connectivity index (χ0n) is 37.5. The topological polar surface area (TPSA) is 239 Å². The Labute approximate surface area is 394 Å². The van der Waals surface area contributed by atoms with Gasteiger partial charge in [-0.15, -0.1) is 8.78 Å². The van der Waals surface area contributed by atoms with Crippen LogP contribution in [0.15, 0.2) is 65.8 Å². The number of anilines is 4. The summed E-state index contributed by atoms with van der Waals surface area (Å²) >= 11 is 1.51. The Kier molecular flexibility index (Phi) is 14.3. The number of hydrogen-bond donors (Lipinski definition) is 7. The minimum atomic E-state index is -3.79. The van der Waals surface area contributed by atoms with Crippen molar-refractivity contribution in [2.24, 2.45) is 11.6 Å². The van der Waals surface area contributed by atoms with E-state index in [1.54, 1.807) is 25.1 Å². The van der Waals surface area contributed by atoms with Gasteiger partial charge in [0.25, 0.3) is 5.91 Å². The Morgan fingerprint density at radius 1 is 1.06 bits per heavy atom. The molecular weight excluding hydrogens is 906 g/mol. The molecule has 360 valence electrons. The van der Waals surface area contributed by atoms with Crippen molar-refractivity contribution in [1.29, 1.82) is 0 Å². The summed E-state index contributed by atoms with van der Waals surface area (Å²) in [4.78, 5) is 35.2. The van der Waals surface area contributed by atoms with Crippen molar-refractivity contribution in [3.05, 3.63) is 88.9 Å². The highest BCUT2D eigenvalue weighted by Crippen LogP contribution is 2.52. The number of amides is 2. The highest BCUT2D eigenvalue weighted by atomic mass is 32.2. The summed E-state index contributed by atoms with van der Waals surface area (Å²) in [5, 5.41) is 21.7. The lowest BCUT2D eigenvalue weighted by Crippen LogP contribution is -2.43. The number of nitrogens with zero attached hydrogens (tertiary/aromatic N) is 4. The van der Waals surface area contributed by atoms with Crippen LogP contribution in [0, 0.1) is 17.7 Å². The second-order valence-electron chi connectivity index (χ2n) is 16.9. The normalized spacial score (nSPS) is 18.3. The largest absolute Gasteiger partial charge is 0.586 e. The third-order valence-corrected chi connectivity index (χ3v) is 12.9. The monoisotopic (exact) mass is 958 g/mol. The molecule has 10 N–H and O–H groups in total. The van der Waals surface area contributed by atoms with Crippen molar-refractivity contribution >= 4 is 57.5 Å². The number of thioether (sulfide) groups is 1. The zero-order chi connectivity index (χ0) is 48.2. The molecule has 2 amide bonds. The maximum absolute atomic E-state index is 15.8. The lowest BCUT2D eigenvalue weighted by atomic mass is 9.94. The minimum absolute atomic E-state index is 0.0447. The Balaban J connectivity index is 0.804. The third-order valence-electron chi connectivity index (χ3n) is 11.8. The Morgan fingerprint density at radius 2 is 1.84 bits per heavy atom. The van der Waals surface area contributed by atoms with Crippen LogP contribution < -0.4 is 47.7 Å². The molecule has 1 saturated carbocycles. The van der Waals surface area contributed by atoms with Gasteiger partial charge in [-0.05, 0) is 80.1 Å². The van der Waals surface area contributed by atoms with Crippen LogP contribution in [0.5, 0.6) is 11.5 Å². The molecule has 1 fully saturated rings. The fourth-order valence-corrected chi connectivity index (χ4v) is 8.84. The molecule has 21 heteroatoms. The van der Waals surface area contributed by atoms with Gasteiger partial charge in [0.05, 0.1) is 48.2 Å². The van der Waals surface area contributed by atoms with Crippen molar-refractivity contribution in [3.63, 3.8) is 0 Å². The quantitative estimate of drug-likeness (QED) is 0.0143. The molecule has 3 aliphatic rings. The summed E-state index contributed by atoms with van der Waals surface area (Å²) in [5.74, 6) is 11.7. The molecule has 17 nitrogen and oxygen atoms in total. The lowest BCUT2D eigenvalue weighted by molar-refractivity contribution is -0.286. The molecule has 0 saturated heterocycles. The Morgan fingerprint density at radius 3 is 2.57 bits per heavy atom. The van der Waals surface area contributed by atoms with E-state index in [2.05, 4.69) is 54.2 Å². The number of halogens is 3. The molecule has 5 aromatic rings. The van der Waals surface area contributed by atoms with Gasteiger partial charge in [-0.2, -0.15) is 0 Å². The SMILES string of the molecule is CCCSc1nc(NCCN)c(N)c(N(N)Cc2ccc(C#CC(=O)NCCOCCC3Cn4c(cc5cc(NC(=O)C6(c7ccc8c(c7)OC(F)(F)O8)CC6)c(F)cc54)C(C)(CO)O3)cc2)n1. The molecule has 2 aromatic heterocycles. The van der Waals surface area contributed by atoms with Crippen LogP contribution in [0.4, 0.5) is 36.2 Å². The van der Waals surface area contributed by atoms with Crippen molar-refractivity contribution < 1.29 is 46.8 Å². The first-order chi connectivity index (χ1) is 32.6. The first kappa shape index (κ1) is 48.2. The summed E-state index contributed by atoms with van der Waals surface area (Å²) in [7, 11) is 0. The van der Waals surface area contributed by atoms with Gasteiger partial charge in [0.2, 0.25) is 5.91 Å². The number of carbonyl (C=O) groups excluding carboxylic acids is 2. The van der Waals surface area contributed by atoms with Crippen LogP contribution in [-0.2, 0) is 43.2 Å². The van der Waals surface area contributed by atoms with E-state index in [1.165, 1.54) is 47.1 Å². The first-order valence-corrected chi connectivity index (χ1v) is 23.2. The molecule has 68 heavy (non-hydrogen) atoms.